The molecule has 1 fully saturated rings. The molecule has 0 saturated heterocycles. The van der Waals surface area contributed by atoms with Crippen molar-refractivity contribution in [2.45, 2.75) is 44.7 Å². The lowest BCUT2D eigenvalue weighted by atomic mass is 9.95. The second kappa shape index (κ2) is 9.96. The number of nitrogens with one attached hydrogen (secondary N) is 2. The van der Waals surface area contributed by atoms with Crippen molar-refractivity contribution < 1.29 is 19.1 Å². The number of carbonyl (C=O) groups is 2. The zero-order valence-electron chi connectivity index (χ0n) is 17.0. The molecule has 0 unspecified atom stereocenters. The molecule has 2 amide bonds. The van der Waals surface area contributed by atoms with E-state index in [1.807, 2.05) is 12.1 Å². The number of hydrogen-bond acceptors (Lipinski definition) is 4. The van der Waals surface area contributed by atoms with E-state index < -0.39 is 0 Å². The number of methoxy groups -OCH3 is 2. The fraction of sp³-hybridized carbons (Fsp3) is 0.391. The van der Waals surface area contributed by atoms with Crippen molar-refractivity contribution >= 4 is 11.8 Å². The standard InChI is InChI=1S/C23H28N2O4/c1-28-20-12-11-16(13-21(20)29-2)15-24-22(26)17-7-6-8-18(14-17)23(27)25-19-9-4-3-5-10-19/h6-8,11-14,19H,3-5,9-10,15H2,1-2H3,(H,24,26)(H,25,27). The van der Waals surface area contributed by atoms with Crippen molar-refractivity contribution in [3.8, 4) is 11.5 Å². The largest absolute Gasteiger partial charge is 0.493 e. The molecular formula is C23H28N2O4. The Bertz CT molecular complexity index is 860. The molecule has 0 spiro atoms. The van der Waals surface area contributed by atoms with E-state index in [2.05, 4.69) is 10.6 Å². The van der Waals surface area contributed by atoms with Crippen LogP contribution in [-0.2, 0) is 6.54 Å². The fourth-order valence-electron chi connectivity index (χ4n) is 3.59. The molecule has 2 aromatic rings. The van der Waals surface area contributed by atoms with Crippen LogP contribution in [0.15, 0.2) is 42.5 Å². The summed E-state index contributed by atoms with van der Waals surface area (Å²) >= 11 is 0. The Balaban J connectivity index is 1.61. The molecule has 1 saturated carbocycles. The number of rotatable bonds is 7. The molecule has 0 aliphatic heterocycles. The van der Waals surface area contributed by atoms with Gasteiger partial charge in [-0.25, -0.2) is 0 Å². The smallest absolute Gasteiger partial charge is 0.251 e. The van der Waals surface area contributed by atoms with Gasteiger partial charge in [0.2, 0.25) is 0 Å². The Hall–Kier alpha value is -3.02. The average molecular weight is 396 g/mol. The van der Waals surface area contributed by atoms with Crippen molar-refractivity contribution in [2.75, 3.05) is 14.2 Å². The van der Waals surface area contributed by atoms with Gasteiger partial charge in [-0.15, -0.1) is 0 Å². The molecule has 1 aliphatic carbocycles. The van der Waals surface area contributed by atoms with Crippen LogP contribution in [-0.4, -0.2) is 32.1 Å². The summed E-state index contributed by atoms with van der Waals surface area (Å²) in [6.45, 7) is 0.345. The van der Waals surface area contributed by atoms with Gasteiger partial charge in [0.15, 0.2) is 11.5 Å². The summed E-state index contributed by atoms with van der Waals surface area (Å²) in [5, 5.41) is 5.97. The third-order valence-corrected chi connectivity index (χ3v) is 5.23. The zero-order chi connectivity index (χ0) is 20.6. The van der Waals surface area contributed by atoms with E-state index in [9.17, 15) is 9.59 Å². The van der Waals surface area contributed by atoms with Crippen LogP contribution in [0.2, 0.25) is 0 Å². The predicted octanol–water partition coefficient (Wildman–Crippen LogP) is 3.70. The van der Waals surface area contributed by atoms with Gasteiger partial charge in [-0.05, 0) is 48.7 Å². The van der Waals surface area contributed by atoms with Gasteiger partial charge in [-0.1, -0.05) is 31.4 Å². The van der Waals surface area contributed by atoms with Crippen LogP contribution in [0.5, 0.6) is 11.5 Å². The number of benzene rings is 2. The molecule has 3 rings (SSSR count). The SMILES string of the molecule is COc1ccc(CNC(=O)c2cccc(C(=O)NC3CCCCC3)c2)cc1OC. The third kappa shape index (κ3) is 5.50. The van der Waals surface area contributed by atoms with Gasteiger partial charge in [0, 0.05) is 23.7 Å². The summed E-state index contributed by atoms with van der Waals surface area (Å²) in [6.07, 6.45) is 5.60. The van der Waals surface area contributed by atoms with E-state index in [0.717, 1.165) is 31.2 Å². The lowest BCUT2D eigenvalue weighted by molar-refractivity contribution is 0.0927. The molecule has 2 aromatic carbocycles. The minimum Gasteiger partial charge on any atom is -0.493 e. The second-order valence-electron chi connectivity index (χ2n) is 7.26. The molecular weight excluding hydrogens is 368 g/mol. The minimum atomic E-state index is -0.230. The monoisotopic (exact) mass is 396 g/mol. The lowest BCUT2D eigenvalue weighted by Crippen LogP contribution is -2.36. The van der Waals surface area contributed by atoms with E-state index in [1.54, 1.807) is 44.6 Å². The van der Waals surface area contributed by atoms with Crippen LogP contribution in [0.3, 0.4) is 0 Å². The fourth-order valence-corrected chi connectivity index (χ4v) is 3.59. The van der Waals surface area contributed by atoms with Crippen LogP contribution in [0, 0.1) is 0 Å². The van der Waals surface area contributed by atoms with Gasteiger partial charge in [-0.2, -0.15) is 0 Å². The first-order valence-electron chi connectivity index (χ1n) is 10.0. The van der Waals surface area contributed by atoms with Crippen molar-refractivity contribution in [1.82, 2.24) is 10.6 Å². The van der Waals surface area contributed by atoms with Gasteiger partial charge in [-0.3, -0.25) is 9.59 Å². The van der Waals surface area contributed by atoms with Gasteiger partial charge < -0.3 is 20.1 Å². The first-order chi connectivity index (χ1) is 14.1. The van der Waals surface area contributed by atoms with Crippen molar-refractivity contribution in [3.63, 3.8) is 0 Å². The molecule has 0 bridgehead atoms. The van der Waals surface area contributed by atoms with Gasteiger partial charge in [0.05, 0.1) is 14.2 Å². The first-order valence-corrected chi connectivity index (χ1v) is 10.0. The Morgan fingerprint density at radius 1 is 0.897 bits per heavy atom. The highest BCUT2D eigenvalue weighted by atomic mass is 16.5. The molecule has 29 heavy (non-hydrogen) atoms. The Morgan fingerprint density at radius 2 is 1.59 bits per heavy atom. The topological polar surface area (TPSA) is 76.7 Å². The molecule has 2 N–H and O–H groups in total. The number of hydrogen-bond donors (Lipinski definition) is 2. The summed E-state index contributed by atoms with van der Waals surface area (Å²) in [6, 6.07) is 12.6. The highest BCUT2D eigenvalue weighted by Gasteiger charge is 2.17. The number of ether oxygens (including phenoxy) is 2. The average Bonchev–Trinajstić information content (AvgIpc) is 2.78. The van der Waals surface area contributed by atoms with Crippen LogP contribution in [0.1, 0.15) is 58.4 Å². The lowest BCUT2D eigenvalue weighted by Gasteiger charge is -2.22. The molecule has 0 aromatic heterocycles. The normalized spacial score (nSPS) is 14.1. The van der Waals surface area contributed by atoms with E-state index in [-0.39, 0.29) is 17.9 Å². The first kappa shape index (κ1) is 20.7. The van der Waals surface area contributed by atoms with Crippen LogP contribution in [0.4, 0.5) is 0 Å². The van der Waals surface area contributed by atoms with Crippen molar-refractivity contribution in [2.24, 2.45) is 0 Å². The van der Waals surface area contributed by atoms with E-state index >= 15 is 0 Å². The molecule has 6 nitrogen and oxygen atoms in total. The van der Waals surface area contributed by atoms with Gasteiger partial charge in [0.25, 0.3) is 11.8 Å². The molecule has 1 aliphatic rings. The highest BCUT2D eigenvalue weighted by Crippen LogP contribution is 2.27. The van der Waals surface area contributed by atoms with Gasteiger partial charge in [0.1, 0.15) is 0 Å². The Labute approximate surface area is 171 Å². The van der Waals surface area contributed by atoms with Crippen LogP contribution < -0.4 is 20.1 Å². The van der Waals surface area contributed by atoms with Crippen LogP contribution in [0.25, 0.3) is 0 Å². The Morgan fingerprint density at radius 3 is 2.28 bits per heavy atom. The maximum Gasteiger partial charge on any atom is 0.251 e. The van der Waals surface area contributed by atoms with Gasteiger partial charge >= 0.3 is 0 Å². The van der Waals surface area contributed by atoms with Crippen LogP contribution >= 0.6 is 0 Å². The maximum atomic E-state index is 12.6. The van der Waals surface area contributed by atoms with E-state index in [1.165, 1.54) is 6.42 Å². The third-order valence-electron chi connectivity index (χ3n) is 5.23. The highest BCUT2D eigenvalue weighted by molar-refractivity contribution is 5.99. The zero-order valence-corrected chi connectivity index (χ0v) is 17.0. The summed E-state index contributed by atoms with van der Waals surface area (Å²) in [7, 11) is 3.15. The summed E-state index contributed by atoms with van der Waals surface area (Å²) in [5.41, 5.74) is 1.86. The molecule has 154 valence electrons. The molecule has 0 radical (unpaired) electrons. The predicted molar refractivity (Wildman–Crippen MR) is 111 cm³/mol. The summed E-state index contributed by atoms with van der Waals surface area (Å²) < 4.78 is 10.5. The van der Waals surface area contributed by atoms with E-state index in [0.29, 0.717) is 29.2 Å². The molecule has 0 atom stereocenters. The van der Waals surface area contributed by atoms with Crippen molar-refractivity contribution in [3.05, 3.63) is 59.2 Å². The molecule has 0 heterocycles. The Kier molecular flexibility index (Phi) is 7.11. The number of carbonyl (C=O) groups excluding carboxylic acids is 2. The van der Waals surface area contributed by atoms with E-state index in [4.69, 9.17) is 9.47 Å². The minimum absolute atomic E-state index is 0.119. The van der Waals surface area contributed by atoms with Crippen molar-refractivity contribution in [1.29, 1.82) is 0 Å². The summed E-state index contributed by atoms with van der Waals surface area (Å²) in [5.74, 6) is 0.901. The molecule has 6 heteroatoms. The summed E-state index contributed by atoms with van der Waals surface area (Å²) in [4.78, 5) is 25.1. The number of amides is 2. The second-order valence-corrected chi connectivity index (χ2v) is 7.26. The maximum absolute atomic E-state index is 12.6. The quantitative estimate of drug-likeness (QED) is 0.748.